The quantitative estimate of drug-likeness (QED) is 0.503. The van der Waals surface area contributed by atoms with Crippen LogP contribution >= 0.6 is 0 Å². The fraction of sp³-hybridized carbons (Fsp3) is 0.143. The fourth-order valence-electron chi connectivity index (χ4n) is 2.83. The van der Waals surface area contributed by atoms with Gasteiger partial charge >= 0.3 is 6.03 Å². The number of nitrogens with one attached hydrogen (secondary N) is 1. The van der Waals surface area contributed by atoms with Crippen molar-refractivity contribution in [3.05, 3.63) is 53.6 Å². The summed E-state index contributed by atoms with van der Waals surface area (Å²) in [7, 11) is 2.91. The van der Waals surface area contributed by atoms with Crippen molar-refractivity contribution >= 4 is 35.5 Å². The molecular formula is C21H19N3O7. The van der Waals surface area contributed by atoms with Crippen LogP contribution in [0.2, 0.25) is 0 Å². The van der Waals surface area contributed by atoms with E-state index in [0.717, 1.165) is 4.90 Å². The van der Waals surface area contributed by atoms with Gasteiger partial charge in [0.2, 0.25) is 0 Å². The lowest BCUT2D eigenvalue weighted by molar-refractivity contribution is -0.123. The molecular weight excluding hydrogens is 406 g/mol. The number of ether oxygens (including phenoxy) is 3. The number of urea groups is 1. The molecule has 3 rings (SSSR count). The normalized spacial score (nSPS) is 15.0. The Balaban J connectivity index is 1.95. The molecule has 0 aliphatic carbocycles. The fourth-order valence-corrected chi connectivity index (χ4v) is 2.83. The SMILES string of the molecule is COc1ccc(N2C(=O)NC(=O)/C(=C\c3ccc(OC)c(OCC(N)=O)c3)C2=O)cc1. The van der Waals surface area contributed by atoms with Crippen LogP contribution in [-0.4, -0.2) is 44.6 Å². The summed E-state index contributed by atoms with van der Waals surface area (Å²) in [6, 6.07) is 9.95. The minimum Gasteiger partial charge on any atom is -0.497 e. The molecule has 3 N–H and O–H groups in total. The number of methoxy groups -OCH3 is 2. The van der Waals surface area contributed by atoms with Crippen LogP contribution in [0.25, 0.3) is 6.08 Å². The Hall–Kier alpha value is -4.34. The van der Waals surface area contributed by atoms with Crippen LogP contribution in [0.3, 0.4) is 0 Å². The second-order valence-electron chi connectivity index (χ2n) is 6.32. The summed E-state index contributed by atoms with van der Waals surface area (Å²) in [6.45, 7) is -0.379. The van der Waals surface area contributed by atoms with Gasteiger partial charge in [0.25, 0.3) is 17.7 Å². The lowest BCUT2D eigenvalue weighted by Crippen LogP contribution is -2.54. The summed E-state index contributed by atoms with van der Waals surface area (Å²) in [5.74, 6) is -1.24. The van der Waals surface area contributed by atoms with E-state index in [2.05, 4.69) is 5.32 Å². The van der Waals surface area contributed by atoms with Crippen LogP contribution < -0.4 is 30.2 Å². The molecule has 31 heavy (non-hydrogen) atoms. The molecule has 160 valence electrons. The molecule has 10 heteroatoms. The van der Waals surface area contributed by atoms with Gasteiger partial charge in [0.1, 0.15) is 11.3 Å². The number of benzene rings is 2. The second-order valence-corrected chi connectivity index (χ2v) is 6.32. The molecule has 2 aromatic rings. The van der Waals surface area contributed by atoms with Crippen molar-refractivity contribution in [3.8, 4) is 17.2 Å². The van der Waals surface area contributed by atoms with E-state index in [1.54, 1.807) is 24.3 Å². The number of imide groups is 2. The molecule has 0 spiro atoms. The number of hydrogen-bond donors (Lipinski definition) is 2. The van der Waals surface area contributed by atoms with E-state index in [0.29, 0.717) is 17.1 Å². The number of barbiturate groups is 1. The molecule has 0 bridgehead atoms. The first-order valence-electron chi connectivity index (χ1n) is 8.98. The zero-order valence-electron chi connectivity index (χ0n) is 16.7. The standard InChI is InChI=1S/C21H19N3O7/c1-29-14-6-4-13(5-7-14)24-20(27)15(19(26)23-21(24)28)9-12-3-8-16(30-2)17(10-12)31-11-18(22)25/h3-10H,11H2,1-2H3,(H2,22,25)(H,23,26,28)/b15-9+. The van der Waals surface area contributed by atoms with Gasteiger partial charge in [-0.1, -0.05) is 6.07 Å². The van der Waals surface area contributed by atoms with E-state index in [1.165, 1.54) is 38.5 Å². The number of rotatable bonds is 7. The zero-order valence-corrected chi connectivity index (χ0v) is 16.7. The third kappa shape index (κ3) is 4.64. The lowest BCUT2D eigenvalue weighted by Gasteiger charge is -2.26. The summed E-state index contributed by atoms with van der Waals surface area (Å²) in [5.41, 5.74) is 5.51. The van der Waals surface area contributed by atoms with E-state index in [9.17, 15) is 19.2 Å². The maximum atomic E-state index is 13.0. The van der Waals surface area contributed by atoms with Crippen LogP contribution in [-0.2, 0) is 14.4 Å². The Bertz CT molecular complexity index is 1080. The summed E-state index contributed by atoms with van der Waals surface area (Å²) >= 11 is 0. The van der Waals surface area contributed by atoms with Gasteiger partial charge in [0, 0.05) is 0 Å². The summed E-state index contributed by atoms with van der Waals surface area (Å²) in [4.78, 5) is 49.4. The lowest BCUT2D eigenvalue weighted by atomic mass is 10.1. The third-order valence-electron chi connectivity index (χ3n) is 4.30. The molecule has 2 aromatic carbocycles. The molecule has 5 amide bonds. The van der Waals surface area contributed by atoms with Crippen LogP contribution in [0.1, 0.15) is 5.56 Å². The molecule has 0 radical (unpaired) electrons. The molecule has 1 saturated heterocycles. The predicted molar refractivity (Wildman–Crippen MR) is 110 cm³/mol. The Kier molecular flexibility index (Phi) is 6.20. The van der Waals surface area contributed by atoms with Gasteiger partial charge in [-0.3, -0.25) is 19.7 Å². The van der Waals surface area contributed by atoms with E-state index in [-0.39, 0.29) is 23.6 Å². The van der Waals surface area contributed by atoms with Crippen LogP contribution in [0, 0.1) is 0 Å². The topological polar surface area (TPSA) is 137 Å². The van der Waals surface area contributed by atoms with E-state index >= 15 is 0 Å². The highest BCUT2D eigenvalue weighted by atomic mass is 16.5. The minimum absolute atomic E-state index is 0.197. The number of anilines is 1. The van der Waals surface area contributed by atoms with Crippen LogP contribution in [0.15, 0.2) is 48.0 Å². The van der Waals surface area contributed by atoms with E-state index < -0.39 is 23.8 Å². The number of amides is 5. The van der Waals surface area contributed by atoms with Crippen molar-refractivity contribution in [1.82, 2.24) is 5.32 Å². The first-order valence-corrected chi connectivity index (χ1v) is 8.98. The number of primary amides is 1. The number of carbonyl (C=O) groups is 4. The largest absolute Gasteiger partial charge is 0.497 e. The maximum Gasteiger partial charge on any atom is 0.335 e. The first kappa shape index (κ1) is 21.4. The van der Waals surface area contributed by atoms with Gasteiger partial charge in [-0.05, 0) is 48.0 Å². The average molecular weight is 425 g/mol. The van der Waals surface area contributed by atoms with Gasteiger partial charge < -0.3 is 19.9 Å². The van der Waals surface area contributed by atoms with Gasteiger partial charge in [0.15, 0.2) is 18.1 Å². The highest BCUT2D eigenvalue weighted by molar-refractivity contribution is 6.39. The molecule has 1 heterocycles. The Morgan fingerprint density at radius 2 is 1.74 bits per heavy atom. The van der Waals surface area contributed by atoms with Gasteiger partial charge in [-0.25, -0.2) is 9.69 Å². The van der Waals surface area contributed by atoms with Gasteiger partial charge in [-0.2, -0.15) is 0 Å². The molecule has 10 nitrogen and oxygen atoms in total. The number of nitrogens with two attached hydrogens (primary N) is 1. The molecule has 1 aliphatic heterocycles. The predicted octanol–water partition coefficient (Wildman–Crippen LogP) is 1.23. The van der Waals surface area contributed by atoms with E-state index in [1.807, 2.05) is 0 Å². The molecule has 0 saturated carbocycles. The third-order valence-corrected chi connectivity index (χ3v) is 4.30. The number of carbonyl (C=O) groups excluding carboxylic acids is 4. The van der Waals surface area contributed by atoms with Gasteiger partial charge in [-0.15, -0.1) is 0 Å². The van der Waals surface area contributed by atoms with Crippen molar-refractivity contribution in [1.29, 1.82) is 0 Å². The molecule has 1 aliphatic rings. The molecule has 0 unspecified atom stereocenters. The van der Waals surface area contributed by atoms with Crippen LogP contribution in [0.4, 0.5) is 10.5 Å². The highest BCUT2D eigenvalue weighted by Gasteiger charge is 2.36. The van der Waals surface area contributed by atoms with Crippen molar-refractivity contribution in [2.75, 3.05) is 25.7 Å². The van der Waals surface area contributed by atoms with Crippen molar-refractivity contribution in [2.45, 2.75) is 0 Å². The van der Waals surface area contributed by atoms with Crippen molar-refractivity contribution in [2.24, 2.45) is 5.73 Å². The molecule has 1 fully saturated rings. The van der Waals surface area contributed by atoms with Gasteiger partial charge in [0.05, 0.1) is 19.9 Å². The van der Waals surface area contributed by atoms with Crippen LogP contribution in [0.5, 0.6) is 17.2 Å². The smallest absolute Gasteiger partial charge is 0.335 e. The Morgan fingerprint density at radius 1 is 1.03 bits per heavy atom. The number of nitrogens with zero attached hydrogens (tertiary/aromatic N) is 1. The summed E-state index contributed by atoms with van der Waals surface area (Å²) in [5, 5.41) is 2.15. The molecule has 0 atom stereocenters. The second kappa shape index (κ2) is 8.99. The Labute approximate surface area is 177 Å². The van der Waals surface area contributed by atoms with E-state index in [4.69, 9.17) is 19.9 Å². The zero-order chi connectivity index (χ0) is 22.5. The summed E-state index contributed by atoms with van der Waals surface area (Å²) in [6.07, 6.45) is 1.30. The molecule has 0 aromatic heterocycles. The Morgan fingerprint density at radius 3 is 2.35 bits per heavy atom. The summed E-state index contributed by atoms with van der Waals surface area (Å²) < 4.78 is 15.5. The van der Waals surface area contributed by atoms with Crippen molar-refractivity contribution < 1.29 is 33.4 Å². The average Bonchev–Trinajstić information content (AvgIpc) is 2.75. The highest BCUT2D eigenvalue weighted by Crippen LogP contribution is 2.30. The minimum atomic E-state index is -0.863. The maximum absolute atomic E-state index is 13.0. The monoisotopic (exact) mass is 425 g/mol. The number of hydrogen-bond acceptors (Lipinski definition) is 7. The van der Waals surface area contributed by atoms with Crippen molar-refractivity contribution in [3.63, 3.8) is 0 Å². The first-order chi connectivity index (χ1) is 14.8.